The third kappa shape index (κ3) is 2.20. The molecule has 2 atom stereocenters. The van der Waals surface area contributed by atoms with Crippen molar-refractivity contribution in [3.8, 4) is 5.75 Å². The van der Waals surface area contributed by atoms with Gasteiger partial charge in [0, 0.05) is 11.1 Å². The third-order valence-electron chi connectivity index (χ3n) is 5.07. The molecule has 3 heterocycles. The average Bonchev–Trinajstić information content (AvgIpc) is 3.06. The van der Waals surface area contributed by atoms with Crippen molar-refractivity contribution < 1.29 is 4.74 Å². The van der Waals surface area contributed by atoms with Gasteiger partial charge >= 0.3 is 0 Å². The number of aromatic nitrogens is 3. The van der Waals surface area contributed by atoms with Crippen LogP contribution in [0.5, 0.6) is 5.75 Å². The maximum atomic E-state index is 6.29. The monoisotopic (exact) mass is 314 g/mol. The van der Waals surface area contributed by atoms with E-state index in [4.69, 9.17) is 9.72 Å². The predicted molar refractivity (Wildman–Crippen MR) is 91.4 cm³/mol. The fourth-order valence-electron chi connectivity index (χ4n) is 4.04. The van der Waals surface area contributed by atoms with Gasteiger partial charge in [-0.2, -0.15) is 5.10 Å². The number of rotatable bonds is 1. The van der Waals surface area contributed by atoms with E-state index >= 15 is 0 Å². The molecule has 0 spiro atoms. The Hall–Kier alpha value is -1.78. The van der Waals surface area contributed by atoms with Gasteiger partial charge in [-0.3, -0.25) is 0 Å². The molecular weight excluding hydrogens is 288 g/mol. The van der Waals surface area contributed by atoms with Crippen LogP contribution in [-0.2, 0) is 0 Å². The van der Waals surface area contributed by atoms with Crippen molar-refractivity contribution >= 4 is 11.5 Å². The summed E-state index contributed by atoms with van der Waals surface area (Å²) in [5.41, 5.74) is 2.16. The Morgan fingerprint density at radius 3 is 2.74 bits per heavy atom. The molecule has 1 fully saturated rings. The van der Waals surface area contributed by atoms with E-state index in [1.165, 1.54) is 18.4 Å². The molecule has 0 radical (unpaired) electrons. The highest BCUT2D eigenvalue weighted by atomic mass is 16.5. The maximum absolute atomic E-state index is 6.29. The van der Waals surface area contributed by atoms with E-state index in [2.05, 4.69) is 44.6 Å². The molecule has 2 aliphatic rings. The van der Waals surface area contributed by atoms with Crippen LogP contribution in [0, 0.1) is 0 Å². The van der Waals surface area contributed by atoms with E-state index in [9.17, 15) is 0 Å². The second-order valence-corrected chi connectivity index (χ2v) is 8.15. The molecule has 0 aromatic carbocycles. The molecule has 23 heavy (non-hydrogen) atoms. The molecule has 4 rings (SSSR count). The van der Waals surface area contributed by atoms with E-state index < -0.39 is 0 Å². The molecule has 124 valence electrons. The second kappa shape index (κ2) is 4.86. The maximum Gasteiger partial charge on any atom is 0.180 e. The standard InChI is InChI=1S/C18H26N4O/c1-11(2)12-9-19-21-10-15-17(20-16(12)21)22(18(3,4)5)13-7-6-8-14(13)23-15/h9-11,13-14H,6-8H2,1-5H3/t13-,14+/m1/s1. The van der Waals surface area contributed by atoms with Crippen molar-refractivity contribution in [3.63, 3.8) is 0 Å². The van der Waals surface area contributed by atoms with Gasteiger partial charge in [0.2, 0.25) is 0 Å². The summed E-state index contributed by atoms with van der Waals surface area (Å²) in [6.07, 6.45) is 7.76. The molecular formula is C18H26N4O. The first-order valence-electron chi connectivity index (χ1n) is 8.70. The fourth-order valence-corrected chi connectivity index (χ4v) is 4.04. The summed E-state index contributed by atoms with van der Waals surface area (Å²) in [4.78, 5) is 7.49. The molecule has 0 N–H and O–H groups in total. The van der Waals surface area contributed by atoms with E-state index in [-0.39, 0.29) is 11.6 Å². The lowest BCUT2D eigenvalue weighted by molar-refractivity contribution is 0.156. The Morgan fingerprint density at radius 1 is 1.26 bits per heavy atom. The molecule has 0 bridgehead atoms. The van der Waals surface area contributed by atoms with Crippen LogP contribution in [-0.4, -0.2) is 32.3 Å². The zero-order chi connectivity index (χ0) is 16.4. The molecule has 2 aromatic rings. The van der Waals surface area contributed by atoms with Crippen LogP contribution in [0.3, 0.4) is 0 Å². The third-order valence-corrected chi connectivity index (χ3v) is 5.07. The molecule has 0 unspecified atom stereocenters. The van der Waals surface area contributed by atoms with Crippen LogP contribution in [0.1, 0.15) is 65.4 Å². The van der Waals surface area contributed by atoms with Gasteiger partial charge in [-0.1, -0.05) is 13.8 Å². The number of fused-ring (bicyclic) bond motifs is 3. The Kier molecular flexibility index (Phi) is 3.12. The second-order valence-electron chi connectivity index (χ2n) is 8.15. The van der Waals surface area contributed by atoms with Crippen molar-refractivity contribution in [2.24, 2.45) is 0 Å². The lowest BCUT2D eigenvalue weighted by Gasteiger charge is -2.47. The summed E-state index contributed by atoms with van der Waals surface area (Å²) in [6.45, 7) is 11.2. The van der Waals surface area contributed by atoms with Gasteiger partial charge in [-0.15, -0.1) is 0 Å². The Bertz CT molecular complexity index is 743. The van der Waals surface area contributed by atoms with Gasteiger partial charge in [0.15, 0.2) is 17.2 Å². The predicted octanol–water partition coefficient (Wildman–Crippen LogP) is 3.77. The summed E-state index contributed by atoms with van der Waals surface area (Å²) in [6, 6.07) is 0.433. The van der Waals surface area contributed by atoms with Crippen LogP contribution in [0.2, 0.25) is 0 Å². The Balaban J connectivity index is 1.92. The molecule has 1 aliphatic heterocycles. The number of hydrogen-bond donors (Lipinski definition) is 0. The number of nitrogens with zero attached hydrogens (tertiary/aromatic N) is 4. The molecule has 1 saturated carbocycles. The van der Waals surface area contributed by atoms with Crippen molar-refractivity contribution in [1.82, 2.24) is 14.6 Å². The first-order valence-corrected chi connectivity index (χ1v) is 8.70. The topological polar surface area (TPSA) is 42.7 Å². The van der Waals surface area contributed by atoms with Crippen LogP contribution >= 0.6 is 0 Å². The molecule has 1 aliphatic carbocycles. The van der Waals surface area contributed by atoms with Gasteiger partial charge in [-0.25, -0.2) is 9.50 Å². The molecule has 5 nitrogen and oxygen atoms in total. The summed E-state index contributed by atoms with van der Waals surface area (Å²) in [5, 5.41) is 4.48. The Morgan fingerprint density at radius 2 is 2.04 bits per heavy atom. The molecule has 0 amide bonds. The van der Waals surface area contributed by atoms with Gasteiger partial charge in [-0.05, 0) is 46.0 Å². The fraction of sp³-hybridized carbons (Fsp3) is 0.667. The highest BCUT2D eigenvalue weighted by Crippen LogP contribution is 2.44. The highest BCUT2D eigenvalue weighted by Gasteiger charge is 2.44. The van der Waals surface area contributed by atoms with Gasteiger partial charge in [0.1, 0.15) is 6.10 Å². The van der Waals surface area contributed by atoms with Crippen LogP contribution in [0.4, 0.5) is 5.82 Å². The molecule has 2 aromatic heterocycles. The quantitative estimate of drug-likeness (QED) is 0.803. The highest BCUT2D eigenvalue weighted by molar-refractivity contribution is 5.63. The Labute approximate surface area is 137 Å². The SMILES string of the molecule is CC(C)c1cnn2cc3c(nc12)N(C(C)(C)C)[C@@H]1CCC[C@@H]1O3. The van der Waals surface area contributed by atoms with E-state index in [1.807, 2.05) is 16.9 Å². The zero-order valence-corrected chi connectivity index (χ0v) is 14.7. The lowest BCUT2D eigenvalue weighted by Crippen LogP contribution is -2.55. The number of ether oxygens (including phenoxy) is 1. The van der Waals surface area contributed by atoms with Crippen molar-refractivity contribution in [1.29, 1.82) is 0 Å². The van der Waals surface area contributed by atoms with Gasteiger partial charge in [0.25, 0.3) is 0 Å². The molecule has 5 heteroatoms. The minimum Gasteiger partial charge on any atom is -0.483 e. The van der Waals surface area contributed by atoms with Crippen LogP contribution in [0.25, 0.3) is 5.65 Å². The van der Waals surface area contributed by atoms with Crippen molar-refractivity contribution in [2.45, 2.75) is 77.5 Å². The summed E-state index contributed by atoms with van der Waals surface area (Å²) in [7, 11) is 0. The van der Waals surface area contributed by atoms with Crippen LogP contribution < -0.4 is 9.64 Å². The minimum atomic E-state index is 0.0230. The molecule has 0 saturated heterocycles. The van der Waals surface area contributed by atoms with E-state index in [0.29, 0.717) is 12.0 Å². The lowest BCUT2D eigenvalue weighted by atomic mass is 9.99. The van der Waals surface area contributed by atoms with E-state index in [1.54, 1.807) is 0 Å². The number of anilines is 1. The zero-order valence-electron chi connectivity index (χ0n) is 14.7. The average molecular weight is 314 g/mol. The van der Waals surface area contributed by atoms with Gasteiger partial charge < -0.3 is 9.64 Å². The normalized spacial score (nSPS) is 24.0. The van der Waals surface area contributed by atoms with Crippen molar-refractivity contribution in [2.75, 3.05) is 4.90 Å². The largest absolute Gasteiger partial charge is 0.483 e. The summed E-state index contributed by atoms with van der Waals surface area (Å²) in [5.74, 6) is 2.26. The van der Waals surface area contributed by atoms with Crippen molar-refractivity contribution in [3.05, 3.63) is 18.0 Å². The van der Waals surface area contributed by atoms with Crippen LogP contribution in [0.15, 0.2) is 12.4 Å². The minimum absolute atomic E-state index is 0.0230. The smallest absolute Gasteiger partial charge is 0.180 e. The van der Waals surface area contributed by atoms with Gasteiger partial charge in [0.05, 0.1) is 18.4 Å². The summed E-state index contributed by atoms with van der Waals surface area (Å²) < 4.78 is 8.16. The summed E-state index contributed by atoms with van der Waals surface area (Å²) >= 11 is 0. The first kappa shape index (κ1) is 14.8. The van der Waals surface area contributed by atoms with E-state index in [0.717, 1.165) is 23.6 Å². The number of hydrogen-bond acceptors (Lipinski definition) is 4. The first-order chi connectivity index (χ1) is 10.9.